The van der Waals surface area contributed by atoms with Gasteiger partial charge in [0.15, 0.2) is 0 Å². The van der Waals surface area contributed by atoms with Crippen LogP contribution in [0.2, 0.25) is 0 Å². The van der Waals surface area contributed by atoms with Gasteiger partial charge in [-0.1, -0.05) is 0 Å². The van der Waals surface area contributed by atoms with Gasteiger partial charge in [0.2, 0.25) is 0 Å². The molecule has 1 heterocycles. The second-order valence-electron chi connectivity index (χ2n) is 5.31. The van der Waals surface area contributed by atoms with Crippen LogP contribution in [0.5, 0.6) is 0 Å². The molecular formula is C17H18O2SSn. The van der Waals surface area contributed by atoms with Crippen LogP contribution in [0.3, 0.4) is 0 Å². The fraction of sp³-hybridized carbons (Fsp3) is 0.235. The minimum atomic E-state index is -3.02. The van der Waals surface area contributed by atoms with Crippen LogP contribution in [0.15, 0.2) is 60.7 Å². The molecule has 1 saturated heterocycles. The van der Waals surface area contributed by atoms with Crippen molar-refractivity contribution in [3.05, 3.63) is 71.8 Å². The molecule has 0 aromatic heterocycles. The predicted octanol–water partition coefficient (Wildman–Crippen LogP) is 3.67. The summed E-state index contributed by atoms with van der Waals surface area (Å²) in [4.78, 5) is 11.9. The van der Waals surface area contributed by atoms with Gasteiger partial charge in [0.05, 0.1) is 0 Å². The Morgan fingerprint density at radius 1 is 0.905 bits per heavy atom. The van der Waals surface area contributed by atoms with Gasteiger partial charge < -0.3 is 0 Å². The van der Waals surface area contributed by atoms with Crippen molar-refractivity contribution in [1.82, 2.24) is 0 Å². The van der Waals surface area contributed by atoms with Gasteiger partial charge in [0.1, 0.15) is 0 Å². The van der Waals surface area contributed by atoms with Gasteiger partial charge in [-0.15, -0.1) is 0 Å². The molecule has 0 unspecified atom stereocenters. The fourth-order valence-electron chi connectivity index (χ4n) is 2.66. The van der Waals surface area contributed by atoms with Crippen molar-refractivity contribution in [2.75, 3.05) is 5.75 Å². The van der Waals surface area contributed by atoms with Crippen LogP contribution in [0.1, 0.15) is 17.5 Å². The van der Waals surface area contributed by atoms with Gasteiger partial charge >= 0.3 is 133 Å². The van der Waals surface area contributed by atoms with E-state index in [-0.39, 0.29) is 5.97 Å². The van der Waals surface area contributed by atoms with E-state index >= 15 is 0 Å². The summed E-state index contributed by atoms with van der Waals surface area (Å²) < 4.78 is 7.93. The molecule has 4 heteroatoms. The van der Waals surface area contributed by atoms with Gasteiger partial charge in [-0.25, -0.2) is 0 Å². The number of rotatable bonds is 4. The Kier molecular flexibility index (Phi) is 4.90. The normalized spacial score (nSPS) is 17.2. The second kappa shape index (κ2) is 6.88. The molecule has 2 nitrogen and oxygen atoms in total. The molecule has 0 amide bonds. The van der Waals surface area contributed by atoms with Crippen molar-refractivity contribution in [2.45, 2.75) is 15.3 Å². The Labute approximate surface area is 132 Å². The van der Waals surface area contributed by atoms with Gasteiger partial charge in [-0.05, 0) is 0 Å². The van der Waals surface area contributed by atoms with Crippen molar-refractivity contribution in [1.29, 1.82) is 0 Å². The third-order valence-corrected chi connectivity index (χ3v) is 20.4. The van der Waals surface area contributed by atoms with Crippen molar-refractivity contribution in [2.24, 2.45) is 0 Å². The molecule has 0 radical (unpaired) electrons. The Morgan fingerprint density at radius 2 is 1.43 bits per heavy atom. The standard InChI is InChI=1S/2C7H7.C3H6O2S.Sn/c2*1-7-5-3-2-4-6-7;4-3(5)1-2-6;/h2*2-6H,1H2;6H,1-2H2,(H,4,5);/q;;;+2/p-2. The SMILES string of the molecule is O=C1CC[S][Sn]([CH2]c2ccccc2)([CH2]c2ccccc2)[O]1. The van der Waals surface area contributed by atoms with E-state index in [1.165, 1.54) is 11.1 Å². The second-order valence-corrected chi connectivity index (χ2v) is 21.3. The first-order chi connectivity index (χ1) is 10.3. The molecule has 0 saturated carbocycles. The molecule has 1 fully saturated rings. The Balaban J connectivity index is 1.85. The van der Waals surface area contributed by atoms with Crippen LogP contribution in [-0.4, -0.2) is 29.1 Å². The zero-order valence-corrected chi connectivity index (χ0v) is 15.5. The minimum absolute atomic E-state index is 0.0106. The molecule has 108 valence electrons. The zero-order chi connectivity index (χ0) is 14.5. The number of carbonyl (C=O) groups excluding carboxylic acids is 1. The summed E-state index contributed by atoms with van der Waals surface area (Å²) in [5, 5.41) is 0. The Hall–Kier alpha value is -0.941. The van der Waals surface area contributed by atoms with E-state index in [1.54, 1.807) is 0 Å². The summed E-state index contributed by atoms with van der Waals surface area (Å²) >= 11 is -3.02. The Bertz CT molecular complexity index is 559. The quantitative estimate of drug-likeness (QED) is 0.727. The van der Waals surface area contributed by atoms with Gasteiger partial charge in [0, 0.05) is 0 Å². The summed E-state index contributed by atoms with van der Waals surface area (Å²) in [7, 11) is 1.97. The van der Waals surface area contributed by atoms with E-state index in [0.29, 0.717) is 6.42 Å². The average molecular weight is 405 g/mol. The van der Waals surface area contributed by atoms with Gasteiger partial charge in [-0.2, -0.15) is 0 Å². The molecule has 0 bridgehead atoms. The third kappa shape index (κ3) is 4.04. The van der Waals surface area contributed by atoms with Crippen molar-refractivity contribution in [3.8, 4) is 0 Å². The summed E-state index contributed by atoms with van der Waals surface area (Å²) in [6.45, 7) is 0. The van der Waals surface area contributed by atoms with E-state index in [9.17, 15) is 4.79 Å². The number of carbonyl (C=O) groups is 1. The first-order valence-electron chi connectivity index (χ1n) is 7.19. The summed E-state index contributed by atoms with van der Waals surface area (Å²) in [5.74, 6) is 0.936. The summed E-state index contributed by atoms with van der Waals surface area (Å²) in [6.07, 6.45) is 0.562. The molecule has 1 aliphatic rings. The summed E-state index contributed by atoms with van der Waals surface area (Å²) in [5.41, 5.74) is 2.60. The molecule has 3 rings (SSSR count). The number of hydrogen-bond acceptors (Lipinski definition) is 3. The maximum atomic E-state index is 11.9. The molecule has 0 spiro atoms. The summed E-state index contributed by atoms with van der Waals surface area (Å²) in [6, 6.07) is 20.9. The first-order valence-corrected chi connectivity index (χ1v) is 16.9. The topological polar surface area (TPSA) is 26.3 Å². The van der Waals surface area contributed by atoms with E-state index in [4.69, 9.17) is 3.07 Å². The third-order valence-electron chi connectivity index (χ3n) is 3.60. The van der Waals surface area contributed by atoms with Gasteiger partial charge in [0.25, 0.3) is 0 Å². The number of benzene rings is 2. The molecule has 1 aliphatic heterocycles. The van der Waals surface area contributed by atoms with Crippen molar-refractivity contribution in [3.63, 3.8) is 0 Å². The van der Waals surface area contributed by atoms with E-state index < -0.39 is 17.4 Å². The van der Waals surface area contributed by atoms with Crippen LogP contribution in [-0.2, 0) is 16.7 Å². The zero-order valence-electron chi connectivity index (χ0n) is 11.8. The Morgan fingerprint density at radius 3 is 1.90 bits per heavy atom. The van der Waals surface area contributed by atoms with Crippen LogP contribution in [0, 0.1) is 0 Å². The van der Waals surface area contributed by atoms with Crippen LogP contribution < -0.4 is 0 Å². The van der Waals surface area contributed by atoms with Crippen molar-refractivity contribution >= 4 is 32.3 Å². The monoisotopic (exact) mass is 406 g/mol. The van der Waals surface area contributed by atoms with Crippen LogP contribution in [0.25, 0.3) is 0 Å². The first kappa shape index (κ1) is 15.0. The average Bonchev–Trinajstić information content (AvgIpc) is 2.49. The van der Waals surface area contributed by atoms with E-state index in [0.717, 1.165) is 14.6 Å². The van der Waals surface area contributed by atoms with Crippen molar-refractivity contribution < 1.29 is 7.87 Å². The van der Waals surface area contributed by atoms with Crippen LogP contribution >= 0.6 is 8.95 Å². The molecule has 0 aliphatic carbocycles. The van der Waals surface area contributed by atoms with Gasteiger partial charge in [-0.3, -0.25) is 0 Å². The molecule has 21 heavy (non-hydrogen) atoms. The van der Waals surface area contributed by atoms with E-state index in [1.807, 2.05) is 21.1 Å². The molecule has 2 aromatic carbocycles. The molecule has 0 N–H and O–H groups in total. The maximum absolute atomic E-state index is 11.9. The van der Waals surface area contributed by atoms with Crippen LogP contribution in [0.4, 0.5) is 0 Å². The molecular weight excluding hydrogens is 387 g/mol. The molecule has 0 atom stereocenters. The predicted molar refractivity (Wildman–Crippen MR) is 89.2 cm³/mol. The molecule has 2 aromatic rings. The van der Waals surface area contributed by atoms with E-state index in [2.05, 4.69) is 48.5 Å². The fourth-order valence-corrected chi connectivity index (χ4v) is 19.9. The number of hydrogen-bond donors (Lipinski definition) is 0.